The van der Waals surface area contributed by atoms with Gasteiger partial charge in [-0.15, -0.1) is 0 Å². The van der Waals surface area contributed by atoms with Gasteiger partial charge in [0.1, 0.15) is 0 Å². The highest BCUT2D eigenvalue weighted by atomic mass is 16.1. The van der Waals surface area contributed by atoms with Crippen LogP contribution in [0.1, 0.15) is 26.2 Å². The standard InChI is InChI=1S/C15H25N3O/c1-2-8-16-14-6-5-9-17(13-14)11-12-18-10-4-3-7-15(18)19/h3-4,7,10,14,16H,2,5-6,8-9,11-13H2,1H3. The number of nitrogens with zero attached hydrogens (tertiary/aromatic N) is 2. The molecule has 106 valence electrons. The highest BCUT2D eigenvalue weighted by Crippen LogP contribution is 2.09. The van der Waals surface area contributed by atoms with Crippen molar-refractivity contribution < 1.29 is 0 Å². The van der Waals surface area contributed by atoms with Crippen LogP contribution in [0.15, 0.2) is 29.2 Å². The Balaban J connectivity index is 1.79. The molecule has 4 heteroatoms. The van der Waals surface area contributed by atoms with Crippen molar-refractivity contribution in [2.75, 3.05) is 26.2 Å². The first-order valence-corrected chi connectivity index (χ1v) is 7.41. The Morgan fingerprint density at radius 3 is 3.05 bits per heavy atom. The third-order valence-electron chi connectivity index (χ3n) is 3.74. The number of hydrogen-bond acceptors (Lipinski definition) is 3. The molecule has 0 saturated carbocycles. The fourth-order valence-corrected chi connectivity index (χ4v) is 2.67. The molecule has 4 nitrogen and oxygen atoms in total. The first kappa shape index (κ1) is 14.3. The molecule has 0 radical (unpaired) electrons. The van der Waals surface area contributed by atoms with Crippen LogP contribution in [-0.2, 0) is 6.54 Å². The molecule has 19 heavy (non-hydrogen) atoms. The summed E-state index contributed by atoms with van der Waals surface area (Å²) in [6, 6.07) is 5.97. The van der Waals surface area contributed by atoms with Gasteiger partial charge in [0, 0.05) is 37.9 Å². The number of nitrogens with one attached hydrogen (secondary N) is 1. The summed E-state index contributed by atoms with van der Waals surface area (Å²) in [7, 11) is 0. The number of rotatable bonds is 6. The normalized spacial score (nSPS) is 20.6. The largest absolute Gasteiger partial charge is 0.314 e. The minimum atomic E-state index is 0.0974. The van der Waals surface area contributed by atoms with E-state index < -0.39 is 0 Å². The van der Waals surface area contributed by atoms with E-state index in [-0.39, 0.29) is 5.56 Å². The summed E-state index contributed by atoms with van der Waals surface area (Å²) in [5.74, 6) is 0. The summed E-state index contributed by atoms with van der Waals surface area (Å²) < 4.78 is 1.79. The molecule has 1 fully saturated rings. The third-order valence-corrected chi connectivity index (χ3v) is 3.74. The maximum absolute atomic E-state index is 11.6. The number of likely N-dealkylation sites (tertiary alicyclic amines) is 1. The van der Waals surface area contributed by atoms with E-state index >= 15 is 0 Å². The molecule has 0 aromatic carbocycles. The quantitative estimate of drug-likeness (QED) is 0.841. The number of aromatic nitrogens is 1. The summed E-state index contributed by atoms with van der Waals surface area (Å²) in [6.45, 7) is 7.34. The minimum absolute atomic E-state index is 0.0974. The lowest BCUT2D eigenvalue weighted by atomic mass is 10.1. The zero-order valence-corrected chi connectivity index (χ0v) is 11.8. The molecule has 1 aliphatic rings. The Hall–Kier alpha value is -1.13. The lowest BCUT2D eigenvalue weighted by Gasteiger charge is -2.33. The van der Waals surface area contributed by atoms with Gasteiger partial charge >= 0.3 is 0 Å². The predicted octanol–water partition coefficient (Wildman–Crippen LogP) is 1.31. The molecule has 1 unspecified atom stereocenters. The van der Waals surface area contributed by atoms with Gasteiger partial charge in [-0.1, -0.05) is 13.0 Å². The van der Waals surface area contributed by atoms with Crippen LogP contribution in [0.5, 0.6) is 0 Å². The van der Waals surface area contributed by atoms with Crippen LogP contribution < -0.4 is 10.9 Å². The van der Waals surface area contributed by atoms with E-state index in [9.17, 15) is 4.79 Å². The summed E-state index contributed by atoms with van der Waals surface area (Å²) in [5.41, 5.74) is 0.0974. The van der Waals surface area contributed by atoms with Gasteiger partial charge in [0.05, 0.1) is 0 Å². The van der Waals surface area contributed by atoms with Crippen molar-refractivity contribution in [3.63, 3.8) is 0 Å². The molecule has 0 amide bonds. The second-order valence-electron chi connectivity index (χ2n) is 5.33. The van der Waals surface area contributed by atoms with E-state index in [1.807, 2.05) is 12.3 Å². The van der Waals surface area contributed by atoms with Gasteiger partial charge < -0.3 is 14.8 Å². The Labute approximate surface area is 115 Å². The molecule has 0 spiro atoms. The highest BCUT2D eigenvalue weighted by molar-refractivity contribution is 4.93. The van der Waals surface area contributed by atoms with Crippen LogP contribution >= 0.6 is 0 Å². The average Bonchev–Trinajstić information content (AvgIpc) is 2.45. The molecule has 1 aromatic rings. The smallest absolute Gasteiger partial charge is 0.250 e. The van der Waals surface area contributed by atoms with Crippen molar-refractivity contribution in [2.24, 2.45) is 0 Å². The average molecular weight is 263 g/mol. The van der Waals surface area contributed by atoms with Gasteiger partial charge in [-0.2, -0.15) is 0 Å². The lowest BCUT2D eigenvalue weighted by molar-refractivity contribution is 0.184. The van der Waals surface area contributed by atoms with Crippen LogP contribution in [-0.4, -0.2) is 41.7 Å². The Bertz CT molecular complexity index is 429. The van der Waals surface area contributed by atoms with E-state index in [1.165, 1.54) is 19.3 Å². The lowest BCUT2D eigenvalue weighted by Crippen LogP contribution is -2.47. The molecule has 0 aliphatic carbocycles. The molecule has 1 aromatic heterocycles. The Kier molecular flexibility index (Phi) is 5.61. The molecule has 1 saturated heterocycles. The van der Waals surface area contributed by atoms with Crippen molar-refractivity contribution in [2.45, 2.75) is 38.8 Å². The maximum Gasteiger partial charge on any atom is 0.250 e. The van der Waals surface area contributed by atoms with Crippen molar-refractivity contribution in [3.05, 3.63) is 34.7 Å². The molecule has 0 bridgehead atoms. The van der Waals surface area contributed by atoms with Gasteiger partial charge in [0.2, 0.25) is 0 Å². The molecule has 1 N–H and O–H groups in total. The second-order valence-corrected chi connectivity index (χ2v) is 5.33. The maximum atomic E-state index is 11.6. The monoisotopic (exact) mass is 263 g/mol. The van der Waals surface area contributed by atoms with Gasteiger partial charge in [-0.05, 0) is 38.4 Å². The molecule has 2 rings (SSSR count). The fraction of sp³-hybridized carbons (Fsp3) is 0.667. The van der Waals surface area contributed by atoms with E-state index in [4.69, 9.17) is 0 Å². The molecule has 1 atom stereocenters. The number of hydrogen-bond donors (Lipinski definition) is 1. The first-order valence-electron chi connectivity index (χ1n) is 7.41. The van der Waals surface area contributed by atoms with E-state index in [0.717, 1.165) is 32.7 Å². The SMILES string of the molecule is CCCNC1CCCN(CCn2ccccc2=O)C1. The van der Waals surface area contributed by atoms with Gasteiger partial charge in [-0.3, -0.25) is 4.79 Å². The topological polar surface area (TPSA) is 37.3 Å². The third kappa shape index (κ3) is 4.48. The van der Waals surface area contributed by atoms with E-state index in [1.54, 1.807) is 16.7 Å². The summed E-state index contributed by atoms with van der Waals surface area (Å²) >= 11 is 0. The highest BCUT2D eigenvalue weighted by Gasteiger charge is 2.18. The van der Waals surface area contributed by atoms with Gasteiger partial charge in [0.15, 0.2) is 0 Å². The van der Waals surface area contributed by atoms with Crippen molar-refractivity contribution in [3.8, 4) is 0 Å². The van der Waals surface area contributed by atoms with Gasteiger partial charge in [-0.25, -0.2) is 0 Å². The van der Waals surface area contributed by atoms with Crippen LogP contribution in [0.2, 0.25) is 0 Å². The zero-order valence-electron chi connectivity index (χ0n) is 11.8. The van der Waals surface area contributed by atoms with Crippen LogP contribution in [0.4, 0.5) is 0 Å². The van der Waals surface area contributed by atoms with Crippen molar-refractivity contribution >= 4 is 0 Å². The first-order chi connectivity index (χ1) is 9.29. The second kappa shape index (κ2) is 7.46. The van der Waals surface area contributed by atoms with Crippen LogP contribution in [0.25, 0.3) is 0 Å². The Morgan fingerprint density at radius 1 is 1.37 bits per heavy atom. The van der Waals surface area contributed by atoms with Crippen molar-refractivity contribution in [1.29, 1.82) is 0 Å². The summed E-state index contributed by atoms with van der Waals surface area (Å²) in [4.78, 5) is 14.1. The number of pyridine rings is 1. The summed E-state index contributed by atoms with van der Waals surface area (Å²) in [5, 5.41) is 3.60. The van der Waals surface area contributed by atoms with Gasteiger partial charge in [0.25, 0.3) is 5.56 Å². The molecular formula is C15H25N3O. The van der Waals surface area contributed by atoms with E-state index in [2.05, 4.69) is 17.1 Å². The number of piperidine rings is 1. The molecule has 2 heterocycles. The Morgan fingerprint density at radius 2 is 2.26 bits per heavy atom. The van der Waals surface area contributed by atoms with Crippen LogP contribution in [0.3, 0.4) is 0 Å². The van der Waals surface area contributed by atoms with Crippen LogP contribution in [0, 0.1) is 0 Å². The van der Waals surface area contributed by atoms with E-state index in [0.29, 0.717) is 6.04 Å². The summed E-state index contributed by atoms with van der Waals surface area (Å²) in [6.07, 6.45) is 5.60. The van der Waals surface area contributed by atoms with Crippen molar-refractivity contribution in [1.82, 2.24) is 14.8 Å². The fourth-order valence-electron chi connectivity index (χ4n) is 2.67. The molecular weight excluding hydrogens is 238 g/mol. The zero-order chi connectivity index (χ0) is 13.5. The minimum Gasteiger partial charge on any atom is -0.314 e. The predicted molar refractivity (Wildman–Crippen MR) is 78.5 cm³/mol. The molecule has 1 aliphatic heterocycles.